The predicted molar refractivity (Wildman–Crippen MR) is 96.5 cm³/mol. The van der Waals surface area contributed by atoms with Crippen LogP contribution in [0.3, 0.4) is 0 Å². The molecule has 0 fully saturated rings. The molecule has 2 N–H and O–H groups in total. The summed E-state index contributed by atoms with van der Waals surface area (Å²) in [7, 11) is 0. The van der Waals surface area contributed by atoms with E-state index < -0.39 is 29.8 Å². The fourth-order valence-electron chi connectivity index (χ4n) is 2.96. The summed E-state index contributed by atoms with van der Waals surface area (Å²) in [5.74, 6) is -2.47. The van der Waals surface area contributed by atoms with Crippen molar-refractivity contribution in [1.82, 2.24) is 5.32 Å². The van der Waals surface area contributed by atoms with Crippen molar-refractivity contribution < 1.29 is 31.9 Å². The number of carbonyl (C=O) groups excluding carboxylic acids is 2. The third-order valence-corrected chi connectivity index (χ3v) is 4.38. The maximum Gasteiger partial charge on any atom is 0.573 e. The van der Waals surface area contributed by atoms with Crippen molar-refractivity contribution in [2.24, 2.45) is 0 Å². The van der Waals surface area contributed by atoms with E-state index >= 15 is 0 Å². The van der Waals surface area contributed by atoms with Crippen LogP contribution >= 0.6 is 0 Å². The molecule has 152 valence electrons. The van der Waals surface area contributed by atoms with Crippen LogP contribution in [-0.4, -0.2) is 18.2 Å². The quantitative estimate of drug-likeness (QED) is 0.747. The first-order chi connectivity index (χ1) is 13.6. The van der Waals surface area contributed by atoms with Crippen molar-refractivity contribution >= 4 is 17.5 Å². The number of nitrogens with one attached hydrogen (secondary N) is 2. The molecule has 0 radical (unpaired) electrons. The Balaban J connectivity index is 1.86. The smallest absolute Gasteiger partial charge is 0.406 e. The molecule has 5 nitrogen and oxygen atoms in total. The van der Waals surface area contributed by atoms with Gasteiger partial charge in [-0.25, -0.2) is 4.39 Å². The van der Waals surface area contributed by atoms with Crippen LogP contribution in [0.15, 0.2) is 54.2 Å². The molecule has 0 spiro atoms. The molecule has 1 heterocycles. The molecule has 0 bridgehead atoms. The Morgan fingerprint density at radius 3 is 2.52 bits per heavy atom. The van der Waals surface area contributed by atoms with Gasteiger partial charge in [-0.1, -0.05) is 18.2 Å². The van der Waals surface area contributed by atoms with Gasteiger partial charge in [0, 0.05) is 35.9 Å². The van der Waals surface area contributed by atoms with Gasteiger partial charge < -0.3 is 15.4 Å². The van der Waals surface area contributed by atoms with Crippen LogP contribution < -0.4 is 15.4 Å². The minimum absolute atomic E-state index is 0.0267. The molecule has 0 unspecified atom stereocenters. The highest BCUT2D eigenvalue weighted by atomic mass is 19.4. The van der Waals surface area contributed by atoms with Gasteiger partial charge in [-0.3, -0.25) is 9.59 Å². The van der Waals surface area contributed by atoms with E-state index in [4.69, 9.17) is 0 Å². The van der Waals surface area contributed by atoms with E-state index in [1.165, 1.54) is 36.5 Å². The van der Waals surface area contributed by atoms with E-state index in [2.05, 4.69) is 15.4 Å². The standard InChI is InChI=1S/C20H16F4N2O3/c1-11-2-7-14(29-20(22,23)24)8-17(11)26-19(28)16-10-25-18(27)9-15(16)12-3-5-13(21)6-4-12/h2-8,10,15H,9H2,1H3,(H,25,27)(H,26,28)/t15-/m0/s1. The van der Waals surface area contributed by atoms with Crippen molar-refractivity contribution in [3.8, 4) is 5.75 Å². The fraction of sp³-hybridized carbons (Fsp3) is 0.200. The topological polar surface area (TPSA) is 67.4 Å². The minimum Gasteiger partial charge on any atom is -0.406 e. The van der Waals surface area contributed by atoms with Crippen LogP contribution in [0.4, 0.5) is 23.2 Å². The average molecular weight is 408 g/mol. The average Bonchev–Trinajstić information content (AvgIpc) is 2.63. The second-order valence-corrected chi connectivity index (χ2v) is 6.45. The summed E-state index contributed by atoms with van der Waals surface area (Å²) in [4.78, 5) is 24.6. The summed E-state index contributed by atoms with van der Waals surface area (Å²) in [5.41, 5.74) is 1.41. The van der Waals surface area contributed by atoms with E-state index in [-0.39, 0.29) is 23.6 Å². The van der Waals surface area contributed by atoms with Crippen molar-refractivity contribution in [2.75, 3.05) is 5.32 Å². The van der Waals surface area contributed by atoms with Crippen molar-refractivity contribution in [1.29, 1.82) is 0 Å². The van der Waals surface area contributed by atoms with Crippen LogP contribution in [0.1, 0.15) is 23.5 Å². The summed E-state index contributed by atoms with van der Waals surface area (Å²) < 4.78 is 54.4. The SMILES string of the molecule is Cc1ccc(OC(F)(F)F)cc1NC(=O)C1=CNC(=O)C[C@H]1c1ccc(F)cc1. The Kier molecular flexibility index (Phi) is 5.58. The zero-order valence-corrected chi connectivity index (χ0v) is 15.1. The first-order valence-corrected chi connectivity index (χ1v) is 8.55. The van der Waals surface area contributed by atoms with Crippen LogP contribution in [0.5, 0.6) is 5.75 Å². The predicted octanol–water partition coefficient (Wildman–Crippen LogP) is 4.16. The molecule has 0 aromatic heterocycles. The lowest BCUT2D eigenvalue weighted by molar-refractivity contribution is -0.274. The van der Waals surface area contributed by atoms with E-state index in [0.29, 0.717) is 11.1 Å². The van der Waals surface area contributed by atoms with Gasteiger partial charge in [0.2, 0.25) is 5.91 Å². The van der Waals surface area contributed by atoms with Gasteiger partial charge >= 0.3 is 6.36 Å². The Labute approximate surface area is 163 Å². The highest BCUT2D eigenvalue weighted by Crippen LogP contribution is 2.32. The van der Waals surface area contributed by atoms with Crippen molar-refractivity contribution in [3.05, 3.63) is 71.2 Å². The van der Waals surface area contributed by atoms with Crippen molar-refractivity contribution in [3.63, 3.8) is 0 Å². The maximum atomic E-state index is 13.2. The zero-order chi connectivity index (χ0) is 21.2. The molecule has 2 amide bonds. The van der Waals surface area contributed by atoms with Gasteiger partial charge in [-0.2, -0.15) is 0 Å². The Morgan fingerprint density at radius 1 is 1.17 bits per heavy atom. The summed E-state index contributed by atoms with van der Waals surface area (Å²) in [5, 5.41) is 5.01. The molecule has 1 aliphatic rings. The second-order valence-electron chi connectivity index (χ2n) is 6.45. The van der Waals surface area contributed by atoms with Gasteiger partial charge in [0.05, 0.1) is 0 Å². The number of anilines is 1. The molecule has 2 aromatic carbocycles. The molecule has 0 saturated carbocycles. The zero-order valence-electron chi connectivity index (χ0n) is 15.1. The summed E-state index contributed by atoms with van der Waals surface area (Å²) in [6, 6.07) is 8.98. The number of benzene rings is 2. The second kappa shape index (κ2) is 7.94. The first-order valence-electron chi connectivity index (χ1n) is 8.55. The lowest BCUT2D eigenvalue weighted by Gasteiger charge is -2.24. The summed E-state index contributed by atoms with van der Waals surface area (Å²) >= 11 is 0. The van der Waals surface area contributed by atoms with Crippen LogP contribution in [0.2, 0.25) is 0 Å². The molecule has 1 atom stereocenters. The van der Waals surface area contributed by atoms with Gasteiger partial charge in [0.15, 0.2) is 0 Å². The van der Waals surface area contributed by atoms with E-state index in [1.807, 2.05) is 0 Å². The summed E-state index contributed by atoms with van der Waals surface area (Å²) in [6.07, 6.45) is -3.64. The highest BCUT2D eigenvalue weighted by Gasteiger charge is 2.32. The number of rotatable bonds is 4. The van der Waals surface area contributed by atoms with Gasteiger partial charge in [0.1, 0.15) is 11.6 Å². The van der Waals surface area contributed by atoms with E-state index in [9.17, 15) is 27.2 Å². The monoisotopic (exact) mass is 408 g/mol. The molecule has 29 heavy (non-hydrogen) atoms. The molecule has 1 aliphatic heterocycles. The normalized spacial score (nSPS) is 16.7. The number of amides is 2. The minimum atomic E-state index is -4.86. The summed E-state index contributed by atoms with van der Waals surface area (Å²) in [6.45, 7) is 1.61. The number of alkyl halides is 3. The lowest BCUT2D eigenvalue weighted by atomic mass is 9.86. The number of hydrogen-bond donors (Lipinski definition) is 2. The number of aryl methyl sites for hydroxylation is 1. The Bertz CT molecular complexity index is 969. The molecule has 3 rings (SSSR count). The van der Waals surface area contributed by atoms with Crippen molar-refractivity contribution in [2.45, 2.75) is 25.6 Å². The number of halogens is 4. The molecule has 9 heteroatoms. The van der Waals surface area contributed by atoms with Crippen LogP contribution in [0.25, 0.3) is 0 Å². The number of hydrogen-bond acceptors (Lipinski definition) is 3. The Morgan fingerprint density at radius 2 is 1.86 bits per heavy atom. The first kappa shape index (κ1) is 20.4. The van der Waals surface area contributed by atoms with E-state index in [0.717, 1.165) is 12.1 Å². The number of carbonyl (C=O) groups is 2. The largest absolute Gasteiger partial charge is 0.573 e. The number of ether oxygens (including phenoxy) is 1. The third kappa shape index (κ3) is 5.13. The van der Waals surface area contributed by atoms with Gasteiger partial charge in [0.25, 0.3) is 5.91 Å². The van der Waals surface area contributed by atoms with Crippen LogP contribution in [0, 0.1) is 12.7 Å². The molecular weight excluding hydrogens is 392 g/mol. The van der Waals surface area contributed by atoms with Crippen LogP contribution in [-0.2, 0) is 9.59 Å². The fourth-order valence-corrected chi connectivity index (χ4v) is 2.96. The molecular formula is C20H16F4N2O3. The lowest BCUT2D eigenvalue weighted by Crippen LogP contribution is -2.32. The van der Waals surface area contributed by atoms with E-state index in [1.54, 1.807) is 6.92 Å². The highest BCUT2D eigenvalue weighted by molar-refractivity contribution is 6.06. The molecule has 0 saturated heterocycles. The maximum absolute atomic E-state index is 13.2. The molecule has 2 aromatic rings. The Hall–Kier alpha value is -3.36. The molecule has 0 aliphatic carbocycles. The van der Waals surface area contributed by atoms with Gasteiger partial charge in [-0.05, 0) is 36.2 Å². The van der Waals surface area contributed by atoms with Gasteiger partial charge in [-0.15, -0.1) is 13.2 Å². The third-order valence-electron chi connectivity index (χ3n) is 4.38.